The highest BCUT2D eigenvalue weighted by atomic mass is 19.4. The lowest BCUT2D eigenvalue weighted by atomic mass is 9.85. The van der Waals surface area contributed by atoms with Gasteiger partial charge in [-0.15, -0.1) is 0 Å². The average molecular weight is 412 g/mol. The van der Waals surface area contributed by atoms with E-state index in [9.17, 15) is 26.7 Å². The summed E-state index contributed by atoms with van der Waals surface area (Å²) in [6.07, 6.45) is -4.06. The van der Waals surface area contributed by atoms with E-state index in [1.54, 1.807) is 0 Å². The van der Waals surface area contributed by atoms with Crippen molar-refractivity contribution in [1.29, 1.82) is 0 Å². The van der Waals surface area contributed by atoms with Crippen LogP contribution in [0, 0.1) is 5.92 Å². The number of anilines is 2. The van der Waals surface area contributed by atoms with Gasteiger partial charge in [-0.1, -0.05) is 0 Å². The number of aromatic nitrogens is 1. The molecule has 12 heteroatoms. The van der Waals surface area contributed by atoms with E-state index < -0.39 is 37.3 Å². The molecule has 0 bridgehead atoms. The van der Waals surface area contributed by atoms with Gasteiger partial charge in [-0.2, -0.15) is 26.9 Å². The normalized spacial score (nSPS) is 20.2. The monoisotopic (exact) mass is 412 g/mol. The molecule has 0 spiro atoms. The molecule has 1 saturated carbocycles. The summed E-state index contributed by atoms with van der Waals surface area (Å²) >= 11 is 0. The van der Waals surface area contributed by atoms with Crippen LogP contribution in [0.15, 0.2) is 6.07 Å². The smallest absolute Gasteiger partial charge is 0.391 e. The number of hydrogen-bond donors (Lipinski definition) is 3. The number of halogens is 5. The minimum absolute atomic E-state index is 0.00195. The Morgan fingerprint density at radius 3 is 2.43 bits per heavy atom. The first-order chi connectivity index (χ1) is 13.1. The molecule has 158 valence electrons. The van der Waals surface area contributed by atoms with Crippen LogP contribution in [0.25, 0.3) is 0 Å². The number of nitrogens with zero attached hydrogens (tertiary/aromatic N) is 1. The minimum atomic E-state index is -4.24. The Balaban J connectivity index is 2.00. The maximum absolute atomic E-state index is 12.7. The van der Waals surface area contributed by atoms with E-state index in [0.29, 0.717) is 0 Å². The first-order valence-corrected chi connectivity index (χ1v) is 8.54. The fraction of sp³-hybridized carbons (Fsp3) is 0.625. The van der Waals surface area contributed by atoms with Crippen molar-refractivity contribution in [1.82, 2.24) is 10.3 Å². The summed E-state index contributed by atoms with van der Waals surface area (Å²) in [5.41, 5.74) is 11.1. The molecule has 1 heterocycles. The number of nitrogens with one attached hydrogen (secondary N) is 1. The molecule has 1 fully saturated rings. The van der Waals surface area contributed by atoms with E-state index in [1.807, 2.05) is 0 Å². The molecule has 1 aliphatic rings. The van der Waals surface area contributed by atoms with Crippen LogP contribution in [-0.4, -0.2) is 42.9 Å². The second-order valence-corrected chi connectivity index (χ2v) is 6.36. The third-order valence-electron chi connectivity index (χ3n) is 4.38. The molecule has 0 saturated heterocycles. The van der Waals surface area contributed by atoms with Crippen LogP contribution < -0.4 is 21.5 Å². The molecule has 1 aliphatic carbocycles. The zero-order valence-corrected chi connectivity index (χ0v) is 14.8. The number of carbonyl (C=O) groups excluding carboxylic acids is 1. The van der Waals surface area contributed by atoms with E-state index in [0.717, 1.165) is 0 Å². The number of rotatable bonds is 7. The van der Waals surface area contributed by atoms with Crippen molar-refractivity contribution in [3.63, 3.8) is 0 Å². The third kappa shape index (κ3) is 6.08. The third-order valence-corrected chi connectivity index (χ3v) is 4.38. The fourth-order valence-corrected chi connectivity index (χ4v) is 2.90. The zero-order valence-electron chi connectivity index (χ0n) is 14.8. The molecule has 2 rings (SSSR count). The Bertz CT molecular complexity index is 679. The van der Waals surface area contributed by atoms with Gasteiger partial charge in [0.25, 0.3) is 5.91 Å². The van der Waals surface area contributed by atoms with Gasteiger partial charge in [0.2, 0.25) is 5.88 Å². The number of hydrogen-bond acceptors (Lipinski definition) is 6. The van der Waals surface area contributed by atoms with Gasteiger partial charge in [0.05, 0.1) is 18.2 Å². The minimum Gasteiger partial charge on any atom is -0.475 e. The van der Waals surface area contributed by atoms with Crippen molar-refractivity contribution in [3.05, 3.63) is 11.6 Å². The molecular formula is C16H21F5N4O3. The number of ether oxygens (including phenoxy) is 2. The molecule has 0 atom stereocenters. The van der Waals surface area contributed by atoms with E-state index in [4.69, 9.17) is 16.2 Å². The van der Waals surface area contributed by atoms with Crippen LogP contribution >= 0.6 is 0 Å². The average Bonchev–Trinajstić information content (AvgIpc) is 2.60. The van der Waals surface area contributed by atoms with Gasteiger partial charge >= 0.3 is 12.8 Å². The van der Waals surface area contributed by atoms with Crippen molar-refractivity contribution in [2.75, 3.05) is 24.7 Å². The molecule has 5 N–H and O–H groups in total. The Kier molecular flexibility index (Phi) is 7.22. The van der Waals surface area contributed by atoms with Gasteiger partial charge in [0.15, 0.2) is 5.82 Å². The quantitative estimate of drug-likeness (QED) is 0.469. The highest BCUT2D eigenvalue weighted by Crippen LogP contribution is 2.37. The number of alkyl halides is 5. The predicted molar refractivity (Wildman–Crippen MR) is 89.8 cm³/mol. The Morgan fingerprint density at radius 2 is 1.86 bits per heavy atom. The molecule has 1 aromatic rings. The summed E-state index contributed by atoms with van der Waals surface area (Å²) in [6.45, 7) is -3.74. The maximum Gasteiger partial charge on any atom is 0.391 e. The number of amides is 1. The first kappa shape index (κ1) is 21.9. The van der Waals surface area contributed by atoms with Gasteiger partial charge in [-0.05, 0) is 31.7 Å². The van der Waals surface area contributed by atoms with Crippen molar-refractivity contribution >= 4 is 17.4 Å². The highest BCUT2D eigenvalue weighted by Gasteiger charge is 2.41. The number of carbonyl (C=O) groups is 1. The molecule has 7 nitrogen and oxygen atoms in total. The molecule has 28 heavy (non-hydrogen) atoms. The maximum atomic E-state index is 12.7. The summed E-state index contributed by atoms with van der Waals surface area (Å²) < 4.78 is 71.4. The molecule has 0 aromatic carbocycles. The standard InChI is InChI=1S/C16H21F5N4O3/c17-15(18)28-6-5-27-14-10(7-11(22)12(23)25-14)13(26)24-9-3-1-8(2-4-9)16(19,20)21/h7-9,15H,1-6,22H2,(H2,23,25)(H,24,26)/t8-,9-. The van der Waals surface area contributed by atoms with Crippen LogP contribution in [0.2, 0.25) is 0 Å². The van der Waals surface area contributed by atoms with Crippen molar-refractivity contribution in [2.24, 2.45) is 5.92 Å². The number of nitrogens with two attached hydrogens (primary N) is 2. The van der Waals surface area contributed by atoms with E-state index in [2.05, 4.69) is 15.0 Å². The zero-order chi connectivity index (χ0) is 20.9. The summed E-state index contributed by atoms with van der Waals surface area (Å²) in [6, 6.07) is 0.766. The second kappa shape index (κ2) is 9.22. The van der Waals surface area contributed by atoms with E-state index in [-0.39, 0.29) is 55.2 Å². The summed E-state index contributed by atoms with van der Waals surface area (Å²) in [7, 11) is 0. The first-order valence-electron chi connectivity index (χ1n) is 8.54. The molecule has 0 radical (unpaired) electrons. The van der Waals surface area contributed by atoms with Crippen LogP contribution in [0.1, 0.15) is 36.0 Å². The van der Waals surface area contributed by atoms with Gasteiger partial charge in [0, 0.05) is 6.04 Å². The largest absolute Gasteiger partial charge is 0.475 e. The summed E-state index contributed by atoms with van der Waals surface area (Å²) in [4.78, 5) is 16.3. The lowest BCUT2D eigenvalue weighted by Gasteiger charge is -2.30. The Hall–Kier alpha value is -2.37. The van der Waals surface area contributed by atoms with Gasteiger partial charge in [0.1, 0.15) is 12.2 Å². The molecule has 0 aliphatic heterocycles. The van der Waals surface area contributed by atoms with Crippen molar-refractivity contribution in [3.8, 4) is 5.88 Å². The Labute approximate surface area is 157 Å². The van der Waals surface area contributed by atoms with Crippen LogP contribution in [0.5, 0.6) is 5.88 Å². The molecule has 1 aromatic heterocycles. The van der Waals surface area contributed by atoms with Crippen molar-refractivity contribution in [2.45, 2.75) is 44.5 Å². The van der Waals surface area contributed by atoms with Gasteiger partial charge in [-0.25, -0.2) is 0 Å². The van der Waals surface area contributed by atoms with E-state index in [1.165, 1.54) is 6.07 Å². The summed E-state index contributed by atoms with van der Waals surface area (Å²) in [5, 5.41) is 2.63. The molecule has 1 amide bonds. The highest BCUT2D eigenvalue weighted by molar-refractivity contribution is 5.98. The lowest BCUT2D eigenvalue weighted by molar-refractivity contribution is -0.182. The number of pyridine rings is 1. The topological polar surface area (TPSA) is 112 Å². The van der Waals surface area contributed by atoms with Crippen LogP contribution in [0.4, 0.5) is 33.5 Å². The second-order valence-electron chi connectivity index (χ2n) is 6.36. The summed E-state index contributed by atoms with van der Waals surface area (Å²) in [5.74, 6) is -2.37. The SMILES string of the molecule is Nc1cc(C(=O)N[C@H]2CC[C@H](C(F)(F)F)CC2)c(OCCOC(F)F)nc1N. The Morgan fingerprint density at radius 1 is 1.21 bits per heavy atom. The molecular weight excluding hydrogens is 391 g/mol. The fourth-order valence-electron chi connectivity index (χ4n) is 2.90. The van der Waals surface area contributed by atoms with E-state index >= 15 is 0 Å². The lowest BCUT2D eigenvalue weighted by Crippen LogP contribution is -2.40. The van der Waals surface area contributed by atoms with Gasteiger partial charge < -0.3 is 26.3 Å². The van der Waals surface area contributed by atoms with Crippen molar-refractivity contribution < 1.29 is 36.2 Å². The van der Waals surface area contributed by atoms with Gasteiger partial charge in [-0.3, -0.25) is 4.79 Å². The molecule has 0 unspecified atom stereocenters. The van der Waals surface area contributed by atoms with Crippen LogP contribution in [0.3, 0.4) is 0 Å². The predicted octanol–water partition coefficient (Wildman–Crippen LogP) is 2.71. The number of nitrogen functional groups attached to an aromatic ring is 2. The van der Waals surface area contributed by atoms with Crippen LogP contribution in [-0.2, 0) is 4.74 Å².